The number of fused-ring (bicyclic) bond motifs is 1. The van der Waals surface area contributed by atoms with Gasteiger partial charge in [0.2, 0.25) is 0 Å². The van der Waals surface area contributed by atoms with Gasteiger partial charge in [0.15, 0.2) is 5.78 Å². The Morgan fingerprint density at radius 2 is 1.76 bits per heavy atom. The van der Waals surface area contributed by atoms with E-state index in [2.05, 4.69) is 0 Å². The number of ketones is 1. The smallest absolute Gasteiger partial charge is 0.308 e. The highest BCUT2D eigenvalue weighted by atomic mass is 35.5. The topological polar surface area (TPSA) is 54.4 Å². The van der Waals surface area contributed by atoms with E-state index < -0.39 is 17.3 Å². The molecule has 0 heterocycles. The highest BCUT2D eigenvalue weighted by molar-refractivity contribution is 6.22. The maximum absolute atomic E-state index is 12.4. The fraction of sp³-hybridized carbons (Fsp3) is 0.176. The lowest BCUT2D eigenvalue weighted by Crippen LogP contribution is -2.15. The van der Waals surface area contributed by atoms with E-state index in [-0.39, 0.29) is 5.78 Å². The molecule has 0 saturated heterocycles. The number of carbonyl (C=O) groups is 2. The average Bonchev–Trinajstić information content (AvgIpc) is 2.84. The van der Waals surface area contributed by atoms with Gasteiger partial charge >= 0.3 is 5.97 Å². The second-order valence-electron chi connectivity index (χ2n) is 5.16. The number of halogens is 1. The minimum atomic E-state index is -0.901. The SMILES string of the molecule is O=C(c1ccccc1)c1ccc2c(c1)CC(C(=O)O)C2Cl. The van der Waals surface area contributed by atoms with Gasteiger partial charge < -0.3 is 5.11 Å². The average molecular weight is 301 g/mol. The van der Waals surface area contributed by atoms with Gasteiger partial charge in [0.25, 0.3) is 0 Å². The largest absolute Gasteiger partial charge is 0.481 e. The van der Waals surface area contributed by atoms with Gasteiger partial charge in [-0.2, -0.15) is 0 Å². The quantitative estimate of drug-likeness (QED) is 0.697. The number of carbonyl (C=O) groups excluding carboxylic acids is 1. The van der Waals surface area contributed by atoms with Crippen LogP contribution in [0.3, 0.4) is 0 Å². The molecule has 106 valence electrons. The number of carboxylic acids is 1. The maximum atomic E-state index is 12.4. The van der Waals surface area contributed by atoms with Crippen LogP contribution in [-0.2, 0) is 11.2 Å². The van der Waals surface area contributed by atoms with Crippen molar-refractivity contribution >= 4 is 23.4 Å². The van der Waals surface area contributed by atoms with Crippen molar-refractivity contribution in [2.24, 2.45) is 5.92 Å². The van der Waals surface area contributed by atoms with Crippen LogP contribution in [0, 0.1) is 5.92 Å². The lowest BCUT2D eigenvalue weighted by Gasteiger charge is -2.08. The summed E-state index contributed by atoms with van der Waals surface area (Å²) in [6.07, 6.45) is 0.370. The molecule has 2 aromatic rings. The van der Waals surface area contributed by atoms with Crippen LogP contribution in [0.15, 0.2) is 48.5 Å². The van der Waals surface area contributed by atoms with Crippen molar-refractivity contribution in [3.8, 4) is 0 Å². The predicted octanol–water partition coefficient (Wildman–Crippen LogP) is 3.45. The van der Waals surface area contributed by atoms with E-state index in [1.165, 1.54) is 0 Å². The third kappa shape index (κ3) is 2.45. The van der Waals surface area contributed by atoms with Crippen LogP contribution in [-0.4, -0.2) is 16.9 Å². The normalized spacial score (nSPS) is 20.0. The predicted molar refractivity (Wildman–Crippen MR) is 79.7 cm³/mol. The number of carboxylic acid groups (broad SMARTS) is 1. The van der Waals surface area contributed by atoms with Crippen molar-refractivity contribution in [3.63, 3.8) is 0 Å². The van der Waals surface area contributed by atoms with Crippen molar-refractivity contribution < 1.29 is 14.7 Å². The maximum Gasteiger partial charge on any atom is 0.308 e. The molecule has 0 spiro atoms. The zero-order chi connectivity index (χ0) is 15.0. The second kappa shape index (κ2) is 5.34. The van der Waals surface area contributed by atoms with Crippen LogP contribution in [0.4, 0.5) is 0 Å². The molecule has 2 aromatic carbocycles. The molecule has 3 nitrogen and oxygen atoms in total. The zero-order valence-electron chi connectivity index (χ0n) is 11.1. The first-order valence-electron chi connectivity index (χ1n) is 6.67. The first-order valence-corrected chi connectivity index (χ1v) is 7.11. The molecule has 2 unspecified atom stereocenters. The van der Waals surface area contributed by atoms with Crippen molar-refractivity contribution in [1.29, 1.82) is 0 Å². The van der Waals surface area contributed by atoms with Crippen molar-refractivity contribution in [2.45, 2.75) is 11.8 Å². The standard InChI is InChI=1S/C17H13ClO3/c18-15-13-7-6-11(8-12(13)9-14(15)17(20)21)16(19)10-4-2-1-3-5-10/h1-8,14-15H,9H2,(H,20,21). The minimum Gasteiger partial charge on any atom is -0.481 e. The van der Waals surface area contributed by atoms with Crippen LogP contribution in [0.25, 0.3) is 0 Å². The molecule has 0 aliphatic heterocycles. The summed E-state index contributed by atoms with van der Waals surface area (Å²) in [7, 11) is 0. The van der Waals surface area contributed by atoms with Crippen LogP contribution in [0.5, 0.6) is 0 Å². The van der Waals surface area contributed by atoms with Crippen LogP contribution < -0.4 is 0 Å². The Kier molecular flexibility index (Phi) is 3.52. The molecule has 4 heteroatoms. The number of hydrogen-bond acceptors (Lipinski definition) is 2. The summed E-state index contributed by atoms with van der Waals surface area (Å²) in [5.74, 6) is -1.59. The Labute approximate surface area is 127 Å². The molecule has 21 heavy (non-hydrogen) atoms. The van der Waals surface area contributed by atoms with Gasteiger partial charge in [0.05, 0.1) is 11.3 Å². The zero-order valence-corrected chi connectivity index (χ0v) is 11.9. The molecule has 0 amide bonds. The van der Waals surface area contributed by atoms with E-state index in [9.17, 15) is 9.59 Å². The Hall–Kier alpha value is -2.13. The Morgan fingerprint density at radius 1 is 1.05 bits per heavy atom. The van der Waals surface area contributed by atoms with E-state index in [1.807, 2.05) is 18.2 Å². The summed E-state index contributed by atoms with van der Waals surface area (Å²) in [6.45, 7) is 0. The Balaban J connectivity index is 1.94. The monoisotopic (exact) mass is 300 g/mol. The molecule has 1 aliphatic carbocycles. The minimum absolute atomic E-state index is 0.0664. The third-order valence-electron chi connectivity index (χ3n) is 3.85. The lowest BCUT2D eigenvalue weighted by molar-refractivity contribution is -0.141. The molecular weight excluding hydrogens is 288 g/mol. The molecule has 1 N–H and O–H groups in total. The van der Waals surface area contributed by atoms with Crippen molar-refractivity contribution in [2.75, 3.05) is 0 Å². The van der Waals surface area contributed by atoms with E-state index in [4.69, 9.17) is 16.7 Å². The molecular formula is C17H13ClO3. The van der Waals surface area contributed by atoms with Gasteiger partial charge in [0, 0.05) is 11.1 Å². The van der Waals surface area contributed by atoms with E-state index in [0.717, 1.165) is 11.1 Å². The van der Waals surface area contributed by atoms with E-state index >= 15 is 0 Å². The summed E-state index contributed by atoms with van der Waals surface area (Å²) in [5.41, 5.74) is 2.85. The Morgan fingerprint density at radius 3 is 2.43 bits per heavy atom. The van der Waals surface area contributed by atoms with Gasteiger partial charge in [-0.25, -0.2) is 0 Å². The van der Waals surface area contributed by atoms with E-state index in [0.29, 0.717) is 17.5 Å². The van der Waals surface area contributed by atoms with Crippen LogP contribution >= 0.6 is 11.6 Å². The molecule has 0 saturated carbocycles. The molecule has 0 radical (unpaired) electrons. The third-order valence-corrected chi connectivity index (χ3v) is 4.39. The molecule has 3 rings (SSSR count). The number of benzene rings is 2. The summed E-state index contributed by atoms with van der Waals surface area (Å²) in [4.78, 5) is 23.6. The summed E-state index contributed by atoms with van der Waals surface area (Å²) in [5, 5.41) is 8.63. The fourth-order valence-corrected chi connectivity index (χ4v) is 3.13. The molecule has 0 fully saturated rings. The molecule has 0 bridgehead atoms. The van der Waals surface area contributed by atoms with Crippen molar-refractivity contribution in [3.05, 3.63) is 70.8 Å². The summed E-state index contributed by atoms with van der Waals surface area (Å²) in [6, 6.07) is 14.3. The number of hydrogen-bond donors (Lipinski definition) is 1. The summed E-state index contributed by atoms with van der Waals surface area (Å²) >= 11 is 6.19. The number of rotatable bonds is 3. The molecule has 2 atom stereocenters. The van der Waals surface area contributed by atoms with Gasteiger partial charge in [-0.05, 0) is 23.6 Å². The van der Waals surface area contributed by atoms with Gasteiger partial charge in [0.1, 0.15) is 0 Å². The number of aliphatic carboxylic acids is 1. The van der Waals surface area contributed by atoms with Crippen molar-refractivity contribution in [1.82, 2.24) is 0 Å². The first kappa shape index (κ1) is 13.8. The highest BCUT2D eigenvalue weighted by Gasteiger charge is 2.36. The lowest BCUT2D eigenvalue weighted by atomic mass is 9.99. The molecule has 1 aliphatic rings. The second-order valence-corrected chi connectivity index (χ2v) is 5.63. The van der Waals surface area contributed by atoms with Gasteiger partial charge in [-0.3, -0.25) is 9.59 Å². The number of alkyl halides is 1. The first-order chi connectivity index (χ1) is 10.1. The molecule has 0 aromatic heterocycles. The van der Waals surface area contributed by atoms with Gasteiger partial charge in [-0.1, -0.05) is 42.5 Å². The fourth-order valence-electron chi connectivity index (χ4n) is 2.72. The summed E-state index contributed by atoms with van der Waals surface area (Å²) < 4.78 is 0. The van der Waals surface area contributed by atoms with Crippen LogP contribution in [0.1, 0.15) is 32.4 Å². The Bertz CT molecular complexity index is 709. The highest BCUT2D eigenvalue weighted by Crippen LogP contribution is 2.41. The van der Waals surface area contributed by atoms with Crippen LogP contribution in [0.2, 0.25) is 0 Å². The van der Waals surface area contributed by atoms with E-state index in [1.54, 1.807) is 30.3 Å². The van der Waals surface area contributed by atoms with Gasteiger partial charge in [-0.15, -0.1) is 11.6 Å².